The highest BCUT2D eigenvalue weighted by atomic mass is 32.2. The second-order valence-electron chi connectivity index (χ2n) is 4.43. The second kappa shape index (κ2) is 5.93. The fourth-order valence-electron chi connectivity index (χ4n) is 1.94. The number of hydrogen-bond acceptors (Lipinski definition) is 3. The molecule has 2 nitrogen and oxygen atoms in total. The lowest BCUT2D eigenvalue weighted by atomic mass is 10.1. The van der Waals surface area contributed by atoms with Gasteiger partial charge in [0.2, 0.25) is 0 Å². The number of nitrogens with zero attached hydrogens (tertiary/aromatic N) is 1. The third-order valence-corrected chi connectivity index (χ3v) is 3.74. The van der Waals surface area contributed by atoms with Crippen LogP contribution < -0.4 is 0 Å². The molecular formula is C16H17NOS. The number of aliphatic imine (C=N–C) groups is 1. The van der Waals surface area contributed by atoms with Crippen LogP contribution in [-0.4, -0.2) is 17.6 Å². The Morgan fingerprint density at radius 1 is 1.11 bits per heavy atom. The molecule has 0 aromatic heterocycles. The van der Waals surface area contributed by atoms with E-state index in [2.05, 4.69) is 11.1 Å². The van der Waals surface area contributed by atoms with Crippen LogP contribution in [0.15, 0.2) is 46.3 Å². The summed E-state index contributed by atoms with van der Waals surface area (Å²) in [7, 11) is 0. The fourth-order valence-corrected chi connectivity index (χ4v) is 2.49. The number of phenols is 1. The van der Waals surface area contributed by atoms with Crippen molar-refractivity contribution in [1.82, 2.24) is 0 Å². The average Bonchev–Trinajstić information content (AvgIpc) is 2.42. The number of aromatic hydroxyl groups is 1. The van der Waals surface area contributed by atoms with Crippen LogP contribution in [0.2, 0.25) is 0 Å². The molecule has 0 bridgehead atoms. The van der Waals surface area contributed by atoms with Crippen molar-refractivity contribution in [3.8, 4) is 5.75 Å². The van der Waals surface area contributed by atoms with Crippen LogP contribution in [0.5, 0.6) is 5.75 Å². The van der Waals surface area contributed by atoms with E-state index in [1.54, 1.807) is 11.8 Å². The Kier molecular flexibility index (Phi) is 4.27. The average molecular weight is 271 g/mol. The van der Waals surface area contributed by atoms with Crippen molar-refractivity contribution >= 4 is 23.7 Å². The molecule has 0 heterocycles. The molecule has 0 aliphatic carbocycles. The Bertz CT molecular complexity index is 597. The molecule has 0 saturated heterocycles. The first-order valence-electron chi connectivity index (χ1n) is 6.09. The van der Waals surface area contributed by atoms with E-state index in [1.165, 1.54) is 0 Å². The van der Waals surface area contributed by atoms with Gasteiger partial charge >= 0.3 is 0 Å². The maximum Gasteiger partial charge on any atom is 0.121 e. The molecule has 1 N–H and O–H groups in total. The first kappa shape index (κ1) is 13.7. The van der Waals surface area contributed by atoms with Gasteiger partial charge in [-0.25, -0.2) is 0 Å². The highest BCUT2D eigenvalue weighted by Crippen LogP contribution is 2.27. The van der Waals surface area contributed by atoms with E-state index in [0.717, 1.165) is 27.3 Å². The molecule has 2 aromatic carbocycles. The number of thioether (sulfide) groups is 1. The van der Waals surface area contributed by atoms with Crippen molar-refractivity contribution in [3.63, 3.8) is 0 Å². The molecule has 2 rings (SSSR count). The minimum absolute atomic E-state index is 0.363. The lowest BCUT2D eigenvalue weighted by Crippen LogP contribution is -1.87. The summed E-state index contributed by atoms with van der Waals surface area (Å²) in [5.41, 5.74) is 3.72. The summed E-state index contributed by atoms with van der Waals surface area (Å²) < 4.78 is 0. The topological polar surface area (TPSA) is 32.6 Å². The molecule has 0 radical (unpaired) electrons. The lowest BCUT2D eigenvalue weighted by molar-refractivity contribution is 0.467. The van der Waals surface area contributed by atoms with Crippen LogP contribution >= 0.6 is 11.8 Å². The van der Waals surface area contributed by atoms with Crippen molar-refractivity contribution in [1.29, 1.82) is 0 Å². The Hall–Kier alpha value is -1.74. The zero-order valence-electron chi connectivity index (χ0n) is 11.3. The smallest absolute Gasteiger partial charge is 0.121 e. The number of aryl methyl sites for hydroxylation is 2. The van der Waals surface area contributed by atoms with Gasteiger partial charge < -0.3 is 5.11 Å². The third kappa shape index (κ3) is 3.18. The summed E-state index contributed by atoms with van der Waals surface area (Å²) in [6.07, 6.45) is 3.89. The highest BCUT2D eigenvalue weighted by molar-refractivity contribution is 7.98. The van der Waals surface area contributed by atoms with Crippen LogP contribution in [0.1, 0.15) is 16.7 Å². The maximum atomic E-state index is 9.75. The van der Waals surface area contributed by atoms with Gasteiger partial charge in [-0.1, -0.05) is 12.1 Å². The molecule has 0 amide bonds. The first-order chi connectivity index (χ1) is 9.11. The van der Waals surface area contributed by atoms with Gasteiger partial charge in [-0.15, -0.1) is 11.8 Å². The van der Waals surface area contributed by atoms with Gasteiger partial charge in [0, 0.05) is 11.1 Å². The van der Waals surface area contributed by atoms with E-state index in [-0.39, 0.29) is 0 Å². The Morgan fingerprint density at radius 2 is 1.74 bits per heavy atom. The molecule has 0 saturated carbocycles. The molecule has 0 aliphatic rings. The predicted molar refractivity (Wildman–Crippen MR) is 83.1 cm³/mol. The Balaban J connectivity index is 2.33. The van der Waals surface area contributed by atoms with Gasteiger partial charge in [-0.3, -0.25) is 4.99 Å². The van der Waals surface area contributed by atoms with Gasteiger partial charge in [-0.05, 0) is 61.1 Å². The summed E-state index contributed by atoms with van der Waals surface area (Å²) >= 11 is 1.69. The standard InChI is InChI=1S/C16H17NOS/c1-11-8-13(9-12(2)16(11)18)10-17-14-6-4-5-7-15(14)19-3/h4-10,18H,1-3H3. The molecule has 0 aliphatic heterocycles. The van der Waals surface area contributed by atoms with Gasteiger partial charge in [-0.2, -0.15) is 0 Å². The number of hydrogen-bond donors (Lipinski definition) is 1. The Labute approximate surface area is 118 Å². The third-order valence-electron chi connectivity index (χ3n) is 2.95. The molecule has 0 fully saturated rings. The quantitative estimate of drug-likeness (QED) is 0.659. The highest BCUT2D eigenvalue weighted by Gasteiger charge is 2.02. The minimum Gasteiger partial charge on any atom is -0.507 e. The molecule has 2 aromatic rings. The number of benzene rings is 2. The van der Waals surface area contributed by atoms with Crippen LogP contribution in [0.25, 0.3) is 0 Å². The van der Waals surface area contributed by atoms with E-state index in [0.29, 0.717) is 5.75 Å². The fraction of sp³-hybridized carbons (Fsp3) is 0.188. The van der Waals surface area contributed by atoms with Crippen LogP contribution in [0.4, 0.5) is 5.69 Å². The summed E-state index contributed by atoms with van der Waals surface area (Å²) in [6.45, 7) is 3.80. The van der Waals surface area contributed by atoms with E-state index in [4.69, 9.17) is 0 Å². The minimum atomic E-state index is 0.363. The summed E-state index contributed by atoms with van der Waals surface area (Å²) in [5.74, 6) is 0.363. The molecule has 98 valence electrons. The number of rotatable bonds is 3. The number of phenolic OH excluding ortho intramolecular Hbond substituents is 1. The molecule has 19 heavy (non-hydrogen) atoms. The zero-order chi connectivity index (χ0) is 13.8. The molecule has 0 spiro atoms. The van der Waals surface area contributed by atoms with Crippen molar-refractivity contribution in [2.75, 3.05) is 6.26 Å². The predicted octanol–water partition coefficient (Wildman–Crippen LogP) is 4.48. The van der Waals surface area contributed by atoms with Crippen LogP contribution in [-0.2, 0) is 0 Å². The summed E-state index contributed by atoms with van der Waals surface area (Å²) in [4.78, 5) is 5.69. The second-order valence-corrected chi connectivity index (χ2v) is 5.28. The van der Waals surface area contributed by atoms with Crippen molar-refractivity contribution < 1.29 is 5.11 Å². The van der Waals surface area contributed by atoms with Crippen molar-refractivity contribution in [3.05, 3.63) is 53.1 Å². The van der Waals surface area contributed by atoms with Gasteiger partial charge in [0.1, 0.15) is 5.75 Å². The van der Waals surface area contributed by atoms with Gasteiger partial charge in [0.15, 0.2) is 0 Å². The van der Waals surface area contributed by atoms with Crippen molar-refractivity contribution in [2.45, 2.75) is 18.7 Å². The molecular weight excluding hydrogens is 254 g/mol. The van der Waals surface area contributed by atoms with E-state index in [1.807, 2.05) is 56.6 Å². The van der Waals surface area contributed by atoms with Crippen molar-refractivity contribution in [2.24, 2.45) is 4.99 Å². The molecule has 0 atom stereocenters. The number of para-hydroxylation sites is 1. The first-order valence-corrected chi connectivity index (χ1v) is 7.31. The van der Waals surface area contributed by atoms with E-state index >= 15 is 0 Å². The van der Waals surface area contributed by atoms with Crippen LogP contribution in [0, 0.1) is 13.8 Å². The monoisotopic (exact) mass is 271 g/mol. The molecule has 3 heteroatoms. The summed E-state index contributed by atoms with van der Waals surface area (Å²) in [5, 5.41) is 9.75. The van der Waals surface area contributed by atoms with Crippen LogP contribution in [0.3, 0.4) is 0 Å². The SMILES string of the molecule is CSc1ccccc1N=Cc1cc(C)c(O)c(C)c1. The maximum absolute atomic E-state index is 9.75. The normalized spacial score (nSPS) is 11.1. The summed E-state index contributed by atoms with van der Waals surface area (Å²) in [6, 6.07) is 11.9. The Morgan fingerprint density at radius 3 is 2.37 bits per heavy atom. The lowest BCUT2D eigenvalue weighted by Gasteiger charge is -2.05. The van der Waals surface area contributed by atoms with Gasteiger partial charge in [0.25, 0.3) is 0 Å². The molecule has 0 unspecified atom stereocenters. The van der Waals surface area contributed by atoms with Gasteiger partial charge in [0.05, 0.1) is 5.69 Å². The largest absolute Gasteiger partial charge is 0.507 e. The zero-order valence-corrected chi connectivity index (χ0v) is 12.2. The van der Waals surface area contributed by atoms with E-state index < -0.39 is 0 Å². The van der Waals surface area contributed by atoms with E-state index in [9.17, 15) is 5.11 Å².